The molecule has 1 amide bonds. The largest absolute Gasteiger partial charge is 0.416 e. The number of nitrogens with zero attached hydrogens (tertiary/aromatic N) is 4. The van der Waals surface area contributed by atoms with Gasteiger partial charge in [0.05, 0.1) is 11.0 Å². The summed E-state index contributed by atoms with van der Waals surface area (Å²) in [6.45, 7) is 14.0. The highest BCUT2D eigenvalue weighted by Gasteiger charge is 2.50. The van der Waals surface area contributed by atoms with E-state index in [1.807, 2.05) is 9.80 Å². The molecule has 1 saturated heterocycles. The number of alkyl halides is 3. The molecule has 2 heterocycles. The Bertz CT molecular complexity index is 828. The summed E-state index contributed by atoms with van der Waals surface area (Å²) in [6, 6.07) is 2.48. The highest BCUT2D eigenvalue weighted by atomic mass is 19.4. The fraction of sp³-hybridized carbons (Fsp3) is 0.760. The summed E-state index contributed by atoms with van der Waals surface area (Å²) in [6.07, 6.45) is -0.414. The maximum Gasteiger partial charge on any atom is 0.416 e. The number of carbonyl (C=O) groups excluding carboxylic acids is 1. The van der Waals surface area contributed by atoms with Gasteiger partial charge in [-0.25, -0.2) is 4.98 Å². The lowest BCUT2D eigenvalue weighted by atomic mass is 9.74. The Morgan fingerprint density at radius 3 is 2.39 bits per heavy atom. The number of halogens is 3. The van der Waals surface area contributed by atoms with Crippen molar-refractivity contribution in [1.82, 2.24) is 14.8 Å². The van der Waals surface area contributed by atoms with Crippen LogP contribution >= 0.6 is 0 Å². The molecule has 3 rings (SSSR count). The first-order valence-electron chi connectivity index (χ1n) is 12.0. The third-order valence-corrected chi connectivity index (χ3v) is 7.37. The predicted molar refractivity (Wildman–Crippen MR) is 125 cm³/mol. The molecule has 1 saturated carbocycles. The SMILES string of the molecule is CC(C)[C@@]1(C(=O)N2CCN(c3cc(C(F)(F)F)ccn3)CC2)CC[C@H](N(C)CC(C)(C)C)C1. The van der Waals surface area contributed by atoms with Crippen molar-refractivity contribution >= 4 is 11.7 Å². The number of aromatic nitrogens is 1. The molecular formula is C25H39F3N4O. The molecule has 2 fully saturated rings. The summed E-state index contributed by atoms with van der Waals surface area (Å²) in [5, 5.41) is 0. The fourth-order valence-electron chi connectivity index (χ4n) is 5.49. The van der Waals surface area contributed by atoms with Gasteiger partial charge in [0.1, 0.15) is 5.82 Å². The van der Waals surface area contributed by atoms with E-state index < -0.39 is 11.7 Å². The Kier molecular flexibility index (Phi) is 7.37. The van der Waals surface area contributed by atoms with Gasteiger partial charge in [0.2, 0.25) is 5.91 Å². The van der Waals surface area contributed by atoms with Gasteiger partial charge in [-0.05, 0) is 49.8 Å². The number of carbonyl (C=O) groups is 1. The Morgan fingerprint density at radius 1 is 1.21 bits per heavy atom. The first kappa shape index (κ1) is 25.8. The van der Waals surface area contributed by atoms with Crippen molar-refractivity contribution in [3.8, 4) is 0 Å². The molecule has 0 aromatic carbocycles. The van der Waals surface area contributed by atoms with Crippen LogP contribution in [0.3, 0.4) is 0 Å². The molecule has 1 aromatic rings. The monoisotopic (exact) mass is 468 g/mol. The molecule has 33 heavy (non-hydrogen) atoms. The Hall–Kier alpha value is -1.83. The molecule has 1 aliphatic carbocycles. The normalized spacial score (nSPS) is 24.8. The zero-order valence-corrected chi connectivity index (χ0v) is 20.9. The van der Waals surface area contributed by atoms with Gasteiger partial charge in [-0.3, -0.25) is 4.79 Å². The minimum Gasteiger partial charge on any atom is -0.353 e. The average molecular weight is 469 g/mol. The molecule has 0 bridgehead atoms. The van der Waals surface area contributed by atoms with Crippen molar-refractivity contribution in [2.45, 2.75) is 66.1 Å². The second kappa shape index (κ2) is 9.43. The molecular weight excluding hydrogens is 429 g/mol. The second-order valence-corrected chi connectivity index (χ2v) is 11.4. The molecule has 186 valence electrons. The van der Waals surface area contributed by atoms with Gasteiger partial charge in [-0.2, -0.15) is 13.2 Å². The third kappa shape index (κ3) is 5.81. The van der Waals surface area contributed by atoms with Crippen LogP contribution in [0.25, 0.3) is 0 Å². The summed E-state index contributed by atoms with van der Waals surface area (Å²) in [4.78, 5) is 24.1. The van der Waals surface area contributed by atoms with Crippen molar-refractivity contribution < 1.29 is 18.0 Å². The van der Waals surface area contributed by atoms with Gasteiger partial charge >= 0.3 is 6.18 Å². The summed E-state index contributed by atoms with van der Waals surface area (Å²) >= 11 is 0. The average Bonchev–Trinajstić information content (AvgIpc) is 3.19. The van der Waals surface area contributed by atoms with E-state index in [0.717, 1.165) is 37.9 Å². The molecule has 0 unspecified atom stereocenters. The van der Waals surface area contributed by atoms with Crippen LogP contribution in [0.5, 0.6) is 0 Å². The van der Waals surface area contributed by atoms with Crippen molar-refractivity contribution in [2.75, 3.05) is 44.7 Å². The number of piperazine rings is 1. The predicted octanol–water partition coefficient (Wildman–Crippen LogP) is 4.92. The molecule has 5 nitrogen and oxygen atoms in total. The van der Waals surface area contributed by atoms with Crippen LogP contribution in [-0.2, 0) is 11.0 Å². The molecule has 0 spiro atoms. The quantitative estimate of drug-likeness (QED) is 0.615. The minimum absolute atomic E-state index is 0.204. The number of pyridine rings is 1. The highest BCUT2D eigenvalue weighted by molar-refractivity contribution is 5.84. The summed E-state index contributed by atoms with van der Waals surface area (Å²) in [5.41, 5.74) is -0.857. The standard InChI is InChI=1S/C25H39F3N4O/c1-18(2)24(9-7-20(16-24)30(6)17-23(3,4)5)22(33)32-13-11-31(12-14-32)21-15-19(8-10-29-21)25(26,27)28/h8,10,15,18,20H,7,9,11-14,16-17H2,1-6H3/t20-,24+/m0/s1. The van der Waals surface area contributed by atoms with Gasteiger partial charge in [0.25, 0.3) is 0 Å². The van der Waals surface area contributed by atoms with Crippen LogP contribution in [-0.4, -0.2) is 66.5 Å². The lowest BCUT2D eigenvalue weighted by Crippen LogP contribution is -2.54. The van der Waals surface area contributed by atoms with Crippen LogP contribution in [0.2, 0.25) is 0 Å². The maximum atomic E-state index is 13.8. The van der Waals surface area contributed by atoms with E-state index in [1.54, 1.807) is 0 Å². The Morgan fingerprint density at radius 2 is 1.85 bits per heavy atom. The molecule has 1 aliphatic heterocycles. The molecule has 8 heteroatoms. The molecule has 2 aliphatic rings. The minimum atomic E-state index is -4.39. The first-order valence-corrected chi connectivity index (χ1v) is 12.0. The number of anilines is 1. The van der Waals surface area contributed by atoms with E-state index in [-0.39, 0.29) is 22.7 Å². The zero-order chi connectivity index (χ0) is 24.6. The van der Waals surface area contributed by atoms with Crippen LogP contribution < -0.4 is 4.90 Å². The third-order valence-electron chi connectivity index (χ3n) is 7.37. The van der Waals surface area contributed by atoms with E-state index in [9.17, 15) is 18.0 Å². The first-order chi connectivity index (χ1) is 15.2. The van der Waals surface area contributed by atoms with Crippen molar-refractivity contribution in [3.05, 3.63) is 23.9 Å². The second-order valence-electron chi connectivity index (χ2n) is 11.4. The van der Waals surface area contributed by atoms with Crippen LogP contribution in [0.4, 0.5) is 19.0 Å². The van der Waals surface area contributed by atoms with Gasteiger partial charge in [-0.1, -0.05) is 34.6 Å². The lowest BCUT2D eigenvalue weighted by molar-refractivity contribution is -0.145. The fourth-order valence-corrected chi connectivity index (χ4v) is 5.49. The van der Waals surface area contributed by atoms with E-state index in [4.69, 9.17) is 0 Å². The summed E-state index contributed by atoms with van der Waals surface area (Å²) < 4.78 is 39.2. The van der Waals surface area contributed by atoms with Crippen molar-refractivity contribution in [2.24, 2.45) is 16.7 Å². The summed E-state index contributed by atoms with van der Waals surface area (Å²) in [7, 11) is 2.16. The summed E-state index contributed by atoms with van der Waals surface area (Å²) in [5.74, 6) is 0.766. The van der Waals surface area contributed by atoms with Crippen molar-refractivity contribution in [3.63, 3.8) is 0 Å². The number of amides is 1. The molecule has 1 aromatic heterocycles. The van der Waals surface area contributed by atoms with Crippen LogP contribution in [0.1, 0.15) is 59.4 Å². The van der Waals surface area contributed by atoms with Gasteiger partial charge in [0.15, 0.2) is 0 Å². The molecule has 0 radical (unpaired) electrons. The molecule has 2 atom stereocenters. The van der Waals surface area contributed by atoms with Gasteiger partial charge in [0, 0.05) is 45.0 Å². The Labute approximate surface area is 196 Å². The highest BCUT2D eigenvalue weighted by Crippen LogP contribution is 2.47. The molecule has 0 N–H and O–H groups in total. The number of rotatable bonds is 5. The van der Waals surface area contributed by atoms with Crippen molar-refractivity contribution in [1.29, 1.82) is 0 Å². The lowest BCUT2D eigenvalue weighted by Gasteiger charge is -2.42. The van der Waals surface area contributed by atoms with E-state index in [1.165, 1.54) is 6.20 Å². The maximum absolute atomic E-state index is 13.8. The smallest absolute Gasteiger partial charge is 0.353 e. The van der Waals surface area contributed by atoms with E-state index in [0.29, 0.717) is 38.0 Å². The Balaban J connectivity index is 1.66. The van der Waals surface area contributed by atoms with E-state index >= 15 is 0 Å². The van der Waals surface area contributed by atoms with E-state index in [2.05, 4.69) is 51.6 Å². The number of hydrogen-bond acceptors (Lipinski definition) is 4. The number of hydrogen-bond donors (Lipinski definition) is 0. The van der Waals surface area contributed by atoms with Gasteiger partial charge in [-0.15, -0.1) is 0 Å². The topological polar surface area (TPSA) is 39.7 Å². The zero-order valence-electron chi connectivity index (χ0n) is 20.9. The van der Waals surface area contributed by atoms with Crippen LogP contribution in [0, 0.1) is 16.7 Å². The van der Waals surface area contributed by atoms with Crippen LogP contribution in [0.15, 0.2) is 18.3 Å². The van der Waals surface area contributed by atoms with Gasteiger partial charge < -0.3 is 14.7 Å².